The van der Waals surface area contributed by atoms with Crippen LogP contribution < -0.4 is 0 Å². The van der Waals surface area contributed by atoms with Gasteiger partial charge in [-0.1, -0.05) is 13.8 Å². The van der Waals surface area contributed by atoms with Crippen LogP contribution in [0.1, 0.15) is 32.4 Å². The summed E-state index contributed by atoms with van der Waals surface area (Å²) in [5, 5.41) is 13.4. The van der Waals surface area contributed by atoms with Crippen LogP contribution in [-0.4, -0.2) is 20.9 Å². The number of carbonyl (C=O) groups is 1. The maximum atomic E-state index is 11.1. The van der Waals surface area contributed by atoms with Gasteiger partial charge in [0.2, 0.25) is 0 Å². The predicted molar refractivity (Wildman–Crippen MR) is 55.6 cm³/mol. The van der Waals surface area contributed by atoms with Crippen molar-refractivity contribution in [1.29, 1.82) is 0 Å². The van der Waals surface area contributed by atoms with Crippen molar-refractivity contribution in [2.45, 2.75) is 38.6 Å². The molecule has 0 atom stereocenters. The van der Waals surface area contributed by atoms with Crippen molar-refractivity contribution in [1.82, 2.24) is 9.78 Å². The highest BCUT2D eigenvalue weighted by molar-refractivity contribution is 5.84. The van der Waals surface area contributed by atoms with Gasteiger partial charge in [0.15, 0.2) is 0 Å². The quantitative estimate of drug-likeness (QED) is 0.818. The Labute approximate surface area is 88.9 Å². The van der Waals surface area contributed by atoms with Gasteiger partial charge in [-0.25, -0.2) is 0 Å². The van der Waals surface area contributed by atoms with Crippen molar-refractivity contribution in [2.24, 2.45) is 5.92 Å². The zero-order valence-corrected chi connectivity index (χ0v) is 9.10. The second-order valence-corrected chi connectivity index (χ2v) is 4.70. The van der Waals surface area contributed by atoms with Crippen LogP contribution >= 0.6 is 0 Å². The first kappa shape index (κ1) is 10.2. The molecule has 1 aromatic rings. The van der Waals surface area contributed by atoms with Gasteiger partial charge >= 0.3 is 5.97 Å². The lowest BCUT2D eigenvalue weighted by Gasteiger charge is -2.06. The van der Waals surface area contributed by atoms with Crippen LogP contribution in [0.3, 0.4) is 0 Å². The van der Waals surface area contributed by atoms with Crippen LogP contribution in [0.25, 0.3) is 0 Å². The molecule has 0 amide bonds. The number of hydrogen-bond acceptors (Lipinski definition) is 2. The van der Waals surface area contributed by atoms with Crippen molar-refractivity contribution < 1.29 is 9.90 Å². The van der Waals surface area contributed by atoms with E-state index in [1.807, 2.05) is 16.9 Å². The SMILES string of the molecule is CC(C)Cn1ccc(C2(C(=O)O)CC2)n1. The smallest absolute Gasteiger partial charge is 0.315 e. The first-order chi connectivity index (χ1) is 7.04. The zero-order valence-electron chi connectivity index (χ0n) is 9.10. The summed E-state index contributed by atoms with van der Waals surface area (Å²) in [6.45, 7) is 5.08. The third-order valence-electron chi connectivity index (χ3n) is 2.84. The van der Waals surface area contributed by atoms with Gasteiger partial charge < -0.3 is 5.11 Å². The molecule has 1 aromatic heterocycles. The lowest BCUT2D eigenvalue weighted by atomic mass is 10.0. The molecule has 1 saturated carbocycles. The lowest BCUT2D eigenvalue weighted by molar-refractivity contribution is -0.140. The van der Waals surface area contributed by atoms with E-state index in [2.05, 4.69) is 18.9 Å². The second kappa shape index (κ2) is 3.36. The maximum Gasteiger partial charge on any atom is 0.315 e. The molecule has 1 N–H and O–H groups in total. The van der Waals surface area contributed by atoms with E-state index >= 15 is 0 Å². The van der Waals surface area contributed by atoms with Gasteiger partial charge in [0.25, 0.3) is 0 Å². The highest BCUT2D eigenvalue weighted by atomic mass is 16.4. The van der Waals surface area contributed by atoms with E-state index < -0.39 is 11.4 Å². The topological polar surface area (TPSA) is 55.1 Å². The van der Waals surface area contributed by atoms with Crippen molar-refractivity contribution in [3.05, 3.63) is 18.0 Å². The van der Waals surface area contributed by atoms with E-state index in [0.717, 1.165) is 25.1 Å². The largest absolute Gasteiger partial charge is 0.481 e. The Hall–Kier alpha value is -1.32. The number of carboxylic acids is 1. The standard InChI is InChI=1S/C11H16N2O2/c1-8(2)7-13-6-3-9(12-13)11(4-5-11)10(14)15/h3,6,8H,4-5,7H2,1-2H3,(H,14,15). The summed E-state index contributed by atoms with van der Waals surface area (Å²) in [7, 11) is 0. The van der Waals surface area contributed by atoms with E-state index in [1.165, 1.54) is 0 Å². The summed E-state index contributed by atoms with van der Waals surface area (Å²) < 4.78 is 1.84. The Kier molecular flexibility index (Phi) is 2.29. The Morgan fingerprint density at radius 1 is 1.67 bits per heavy atom. The average Bonchev–Trinajstić information content (AvgIpc) is 2.83. The summed E-state index contributed by atoms with van der Waals surface area (Å²) in [5.74, 6) is -0.213. The summed E-state index contributed by atoms with van der Waals surface area (Å²) >= 11 is 0. The van der Waals surface area contributed by atoms with Crippen LogP contribution in [-0.2, 0) is 16.8 Å². The number of rotatable bonds is 4. The van der Waals surface area contributed by atoms with Crippen LogP contribution in [0.15, 0.2) is 12.3 Å². The third kappa shape index (κ3) is 1.76. The van der Waals surface area contributed by atoms with Crippen LogP contribution in [0.5, 0.6) is 0 Å². The fraction of sp³-hybridized carbons (Fsp3) is 0.636. The van der Waals surface area contributed by atoms with Gasteiger partial charge in [-0.15, -0.1) is 0 Å². The Bertz CT molecular complexity index is 378. The van der Waals surface area contributed by atoms with Crippen LogP contribution in [0, 0.1) is 5.92 Å². The fourth-order valence-corrected chi connectivity index (χ4v) is 1.80. The summed E-state index contributed by atoms with van der Waals surface area (Å²) in [6.07, 6.45) is 3.32. The first-order valence-electron chi connectivity index (χ1n) is 5.32. The van der Waals surface area contributed by atoms with E-state index in [-0.39, 0.29) is 0 Å². The van der Waals surface area contributed by atoms with Gasteiger partial charge in [-0.2, -0.15) is 5.10 Å². The van der Waals surface area contributed by atoms with E-state index in [9.17, 15) is 4.79 Å². The van der Waals surface area contributed by atoms with Crippen LogP contribution in [0.2, 0.25) is 0 Å². The van der Waals surface area contributed by atoms with Gasteiger partial charge in [-0.3, -0.25) is 9.48 Å². The summed E-state index contributed by atoms with van der Waals surface area (Å²) in [4.78, 5) is 11.1. The molecule has 82 valence electrons. The van der Waals surface area contributed by atoms with Gasteiger partial charge in [0, 0.05) is 12.7 Å². The molecule has 4 heteroatoms. The highest BCUT2D eigenvalue weighted by Crippen LogP contribution is 2.47. The molecule has 0 radical (unpaired) electrons. The second-order valence-electron chi connectivity index (χ2n) is 4.70. The molecule has 15 heavy (non-hydrogen) atoms. The minimum atomic E-state index is -0.739. The summed E-state index contributed by atoms with van der Waals surface area (Å²) in [6, 6.07) is 1.84. The number of nitrogens with zero attached hydrogens (tertiary/aromatic N) is 2. The molecule has 2 rings (SSSR count). The van der Waals surface area contributed by atoms with Crippen molar-refractivity contribution >= 4 is 5.97 Å². The molecule has 1 heterocycles. The Morgan fingerprint density at radius 3 is 2.80 bits per heavy atom. The molecule has 0 bridgehead atoms. The van der Waals surface area contributed by atoms with E-state index in [4.69, 9.17) is 5.11 Å². The molecule has 0 unspecified atom stereocenters. The number of aliphatic carboxylic acids is 1. The van der Waals surface area contributed by atoms with Crippen molar-refractivity contribution in [3.8, 4) is 0 Å². The molecule has 1 fully saturated rings. The fourth-order valence-electron chi connectivity index (χ4n) is 1.80. The van der Waals surface area contributed by atoms with Gasteiger partial charge in [0.05, 0.1) is 5.69 Å². The van der Waals surface area contributed by atoms with Gasteiger partial charge in [0.1, 0.15) is 5.41 Å². The molecule has 0 spiro atoms. The molecule has 4 nitrogen and oxygen atoms in total. The number of carboxylic acid groups (broad SMARTS) is 1. The highest BCUT2D eigenvalue weighted by Gasteiger charge is 2.53. The lowest BCUT2D eigenvalue weighted by Crippen LogP contribution is -2.20. The molecule has 1 aliphatic carbocycles. The molecule has 0 aliphatic heterocycles. The molecule has 1 aliphatic rings. The monoisotopic (exact) mass is 208 g/mol. The van der Waals surface area contributed by atoms with E-state index in [0.29, 0.717) is 5.92 Å². The molecular formula is C11H16N2O2. The normalized spacial score (nSPS) is 18.1. The minimum Gasteiger partial charge on any atom is -0.481 e. The Morgan fingerprint density at radius 2 is 2.33 bits per heavy atom. The maximum absolute atomic E-state index is 11.1. The van der Waals surface area contributed by atoms with E-state index in [1.54, 1.807) is 0 Å². The van der Waals surface area contributed by atoms with Crippen molar-refractivity contribution in [3.63, 3.8) is 0 Å². The number of hydrogen-bond donors (Lipinski definition) is 1. The molecule has 0 aromatic carbocycles. The third-order valence-corrected chi connectivity index (χ3v) is 2.84. The molecular weight excluding hydrogens is 192 g/mol. The number of aromatic nitrogens is 2. The van der Waals surface area contributed by atoms with Crippen molar-refractivity contribution in [2.75, 3.05) is 0 Å². The zero-order chi connectivity index (χ0) is 11.1. The average molecular weight is 208 g/mol. The Balaban J connectivity index is 2.17. The van der Waals surface area contributed by atoms with Gasteiger partial charge in [-0.05, 0) is 24.8 Å². The molecule has 0 saturated heterocycles. The van der Waals surface area contributed by atoms with Crippen LogP contribution in [0.4, 0.5) is 0 Å². The summed E-state index contributed by atoms with van der Waals surface area (Å²) in [5.41, 5.74) is 0.0537. The first-order valence-corrected chi connectivity index (χ1v) is 5.32. The predicted octanol–water partition coefficient (Wildman–Crippen LogP) is 1.66. The minimum absolute atomic E-state index is 0.526.